The van der Waals surface area contributed by atoms with Gasteiger partial charge in [-0.15, -0.1) is 0 Å². The highest BCUT2D eigenvalue weighted by molar-refractivity contribution is 5.83. The molecular formula is C14H20N2O3. The molecule has 0 aliphatic carbocycles. The van der Waals surface area contributed by atoms with Crippen molar-refractivity contribution >= 4 is 11.7 Å². The molecule has 1 heterocycles. The second-order valence-corrected chi connectivity index (χ2v) is 5.09. The maximum atomic E-state index is 11.7. The fourth-order valence-electron chi connectivity index (χ4n) is 2.58. The number of nitrogens with one attached hydrogen (secondary N) is 1. The number of carbonyl (C=O) groups is 1. The molecule has 1 aromatic carbocycles. The number of methoxy groups -OCH3 is 1. The van der Waals surface area contributed by atoms with Crippen LogP contribution in [0.25, 0.3) is 0 Å². The number of likely N-dealkylation sites (tertiary alicyclic amines) is 1. The zero-order chi connectivity index (χ0) is 13.9. The monoisotopic (exact) mass is 264 g/mol. The second kappa shape index (κ2) is 5.48. The van der Waals surface area contributed by atoms with Gasteiger partial charge in [0.15, 0.2) is 0 Å². The number of hydrogen-bond donors (Lipinski definition) is 2. The third-order valence-corrected chi connectivity index (χ3v) is 3.55. The van der Waals surface area contributed by atoms with Gasteiger partial charge in [0.2, 0.25) is 0 Å². The number of nitrogens with zero attached hydrogens (tertiary/aromatic N) is 1. The molecule has 1 aliphatic rings. The van der Waals surface area contributed by atoms with Crippen LogP contribution in [0.4, 0.5) is 5.69 Å². The maximum Gasteiger partial charge on any atom is 0.330 e. The highest BCUT2D eigenvalue weighted by atomic mass is 16.5. The minimum absolute atomic E-state index is 0.500. The Balaban J connectivity index is 2.23. The zero-order valence-corrected chi connectivity index (χ0v) is 11.3. The standard InChI is InChI=1S/C14H20N2O3/c1-16-8-4-7-14(10-16,13(17)18)15-11-5-3-6-12(9-11)19-2/h3,5-6,9,15H,4,7-8,10H2,1-2H3,(H,17,18). The molecule has 0 spiro atoms. The van der Waals surface area contributed by atoms with E-state index in [4.69, 9.17) is 4.74 Å². The second-order valence-electron chi connectivity index (χ2n) is 5.09. The van der Waals surface area contributed by atoms with E-state index in [1.807, 2.05) is 36.2 Å². The van der Waals surface area contributed by atoms with Crippen LogP contribution in [-0.2, 0) is 4.79 Å². The number of aliphatic carboxylic acids is 1. The molecule has 0 bridgehead atoms. The summed E-state index contributed by atoms with van der Waals surface area (Å²) < 4.78 is 5.16. The first-order valence-corrected chi connectivity index (χ1v) is 6.40. The lowest BCUT2D eigenvalue weighted by molar-refractivity contribution is -0.144. The van der Waals surface area contributed by atoms with Crippen molar-refractivity contribution in [2.24, 2.45) is 0 Å². The number of carboxylic acid groups (broad SMARTS) is 1. The van der Waals surface area contributed by atoms with Gasteiger partial charge in [-0.3, -0.25) is 0 Å². The van der Waals surface area contributed by atoms with Crippen LogP contribution in [0.1, 0.15) is 12.8 Å². The molecule has 5 nitrogen and oxygen atoms in total. The molecular weight excluding hydrogens is 244 g/mol. The Bertz CT molecular complexity index is 464. The average Bonchev–Trinajstić information content (AvgIpc) is 2.38. The van der Waals surface area contributed by atoms with E-state index < -0.39 is 11.5 Å². The molecule has 1 aromatic rings. The SMILES string of the molecule is COc1cccc(NC2(C(=O)O)CCCN(C)C2)c1. The third kappa shape index (κ3) is 2.98. The summed E-state index contributed by atoms with van der Waals surface area (Å²) in [5.74, 6) is -0.0865. The minimum Gasteiger partial charge on any atom is -0.497 e. The first-order chi connectivity index (χ1) is 9.05. The van der Waals surface area contributed by atoms with Gasteiger partial charge in [0.05, 0.1) is 7.11 Å². The number of carboxylic acids is 1. The highest BCUT2D eigenvalue weighted by Gasteiger charge is 2.41. The third-order valence-electron chi connectivity index (χ3n) is 3.55. The number of anilines is 1. The smallest absolute Gasteiger partial charge is 0.330 e. The Hall–Kier alpha value is -1.75. The average molecular weight is 264 g/mol. The Morgan fingerprint density at radius 3 is 2.95 bits per heavy atom. The molecule has 0 aromatic heterocycles. The topological polar surface area (TPSA) is 61.8 Å². The van der Waals surface area contributed by atoms with Crippen LogP contribution in [0.3, 0.4) is 0 Å². The Morgan fingerprint density at radius 1 is 1.53 bits per heavy atom. The van der Waals surface area contributed by atoms with Gasteiger partial charge in [0.1, 0.15) is 11.3 Å². The van der Waals surface area contributed by atoms with Gasteiger partial charge in [-0.1, -0.05) is 6.07 Å². The number of piperidine rings is 1. The number of benzene rings is 1. The predicted molar refractivity (Wildman–Crippen MR) is 73.7 cm³/mol. The van der Waals surface area contributed by atoms with E-state index >= 15 is 0 Å². The quantitative estimate of drug-likeness (QED) is 0.866. The molecule has 0 radical (unpaired) electrons. The molecule has 1 unspecified atom stereocenters. The number of rotatable bonds is 4. The summed E-state index contributed by atoms with van der Waals surface area (Å²) in [6, 6.07) is 7.37. The van der Waals surface area contributed by atoms with Gasteiger partial charge in [-0.05, 0) is 38.6 Å². The molecule has 0 saturated carbocycles. The molecule has 1 fully saturated rings. The zero-order valence-electron chi connectivity index (χ0n) is 11.3. The minimum atomic E-state index is -0.917. The summed E-state index contributed by atoms with van der Waals surface area (Å²) in [6.07, 6.45) is 1.50. The first kappa shape index (κ1) is 13.7. The van der Waals surface area contributed by atoms with E-state index in [9.17, 15) is 9.90 Å². The normalized spacial score (nSPS) is 23.9. The molecule has 1 aliphatic heterocycles. The number of ether oxygens (including phenoxy) is 1. The summed E-state index contributed by atoms with van der Waals surface area (Å²) in [7, 11) is 3.55. The van der Waals surface area contributed by atoms with Gasteiger partial charge >= 0.3 is 5.97 Å². The van der Waals surface area contributed by atoms with Crippen molar-refractivity contribution in [1.29, 1.82) is 0 Å². The molecule has 1 saturated heterocycles. The summed E-state index contributed by atoms with van der Waals surface area (Å²) >= 11 is 0. The van der Waals surface area contributed by atoms with Crippen molar-refractivity contribution in [3.05, 3.63) is 24.3 Å². The van der Waals surface area contributed by atoms with Crippen molar-refractivity contribution in [2.75, 3.05) is 32.6 Å². The van der Waals surface area contributed by atoms with Gasteiger partial charge in [0.25, 0.3) is 0 Å². The molecule has 0 amide bonds. The molecule has 1 atom stereocenters. The lowest BCUT2D eigenvalue weighted by Gasteiger charge is -2.39. The lowest BCUT2D eigenvalue weighted by atomic mass is 9.89. The van der Waals surface area contributed by atoms with Crippen molar-refractivity contribution < 1.29 is 14.6 Å². The molecule has 2 rings (SSSR count). The van der Waals surface area contributed by atoms with E-state index in [0.717, 1.165) is 24.4 Å². The summed E-state index contributed by atoms with van der Waals surface area (Å²) in [4.78, 5) is 13.7. The Kier molecular flexibility index (Phi) is 3.95. The molecule has 19 heavy (non-hydrogen) atoms. The van der Waals surface area contributed by atoms with E-state index in [1.165, 1.54) is 0 Å². The maximum absolute atomic E-state index is 11.7. The molecule has 5 heteroatoms. The highest BCUT2D eigenvalue weighted by Crippen LogP contribution is 2.27. The molecule has 104 valence electrons. The van der Waals surface area contributed by atoms with Gasteiger partial charge in [-0.2, -0.15) is 0 Å². The number of likely N-dealkylation sites (N-methyl/N-ethyl adjacent to an activating group) is 1. The molecule has 2 N–H and O–H groups in total. The van der Waals surface area contributed by atoms with E-state index in [1.54, 1.807) is 7.11 Å². The summed E-state index contributed by atoms with van der Waals surface area (Å²) in [6.45, 7) is 1.44. The van der Waals surface area contributed by atoms with Gasteiger partial charge < -0.3 is 20.1 Å². The fraction of sp³-hybridized carbons (Fsp3) is 0.500. The van der Waals surface area contributed by atoms with Crippen molar-refractivity contribution in [3.63, 3.8) is 0 Å². The van der Waals surface area contributed by atoms with Gasteiger partial charge in [-0.25, -0.2) is 4.79 Å². The van der Waals surface area contributed by atoms with Gasteiger partial charge in [0, 0.05) is 18.3 Å². The Morgan fingerprint density at radius 2 is 2.32 bits per heavy atom. The van der Waals surface area contributed by atoms with Crippen LogP contribution in [0.2, 0.25) is 0 Å². The lowest BCUT2D eigenvalue weighted by Crippen LogP contribution is -2.57. The van der Waals surface area contributed by atoms with Crippen LogP contribution in [0.15, 0.2) is 24.3 Å². The predicted octanol–water partition coefficient (Wildman–Crippen LogP) is 1.66. The van der Waals surface area contributed by atoms with E-state index in [0.29, 0.717) is 13.0 Å². The Labute approximate surface area is 113 Å². The summed E-state index contributed by atoms with van der Waals surface area (Å²) in [5, 5.41) is 12.8. The number of hydrogen-bond acceptors (Lipinski definition) is 4. The largest absolute Gasteiger partial charge is 0.497 e. The first-order valence-electron chi connectivity index (χ1n) is 6.40. The van der Waals surface area contributed by atoms with Crippen molar-refractivity contribution in [2.45, 2.75) is 18.4 Å². The van der Waals surface area contributed by atoms with Crippen LogP contribution in [-0.4, -0.2) is 48.8 Å². The fourth-order valence-corrected chi connectivity index (χ4v) is 2.58. The van der Waals surface area contributed by atoms with Crippen molar-refractivity contribution in [3.8, 4) is 5.75 Å². The van der Waals surface area contributed by atoms with Crippen LogP contribution in [0.5, 0.6) is 5.75 Å². The van der Waals surface area contributed by atoms with E-state index in [-0.39, 0.29) is 0 Å². The van der Waals surface area contributed by atoms with Crippen LogP contribution in [0, 0.1) is 0 Å². The van der Waals surface area contributed by atoms with Crippen LogP contribution >= 0.6 is 0 Å². The van der Waals surface area contributed by atoms with Crippen LogP contribution < -0.4 is 10.1 Å². The van der Waals surface area contributed by atoms with Crippen molar-refractivity contribution in [1.82, 2.24) is 4.90 Å². The summed E-state index contributed by atoms with van der Waals surface area (Å²) in [5.41, 5.74) is -0.142. The van der Waals surface area contributed by atoms with E-state index in [2.05, 4.69) is 5.32 Å².